The van der Waals surface area contributed by atoms with Crippen molar-refractivity contribution in [3.63, 3.8) is 0 Å². The number of benzene rings is 1. The van der Waals surface area contributed by atoms with Crippen LogP contribution in [-0.2, 0) is 9.59 Å². The van der Waals surface area contributed by atoms with Crippen LogP contribution in [0.4, 0.5) is 5.69 Å². The summed E-state index contributed by atoms with van der Waals surface area (Å²) in [6.07, 6.45) is 4.11. The lowest BCUT2D eigenvalue weighted by Crippen LogP contribution is -2.43. The lowest BCUT2D eigenvalue weighted by atomic mass is 9.96. The Labute approximate surface area is 173 Å². The summed E-state index contributed by atoms with van der Waals surface area (Å²) in [7, 11) is 0. The first-order chi connectivity index (χ1) is 14.2. The maximum absolute atomic E-state index is 13.2. The molecule has 2 atom stereocenters. The van der Waals surface area contributed by atoms with E-state index in [0.717, 1.165) is 30.1 Å². The molecule has 0 bridgehead atoms. The van der Waals surface area contributed by atoms with Gasteiger partial charge in [0.1, 0.15) is 13.2 Å². The Hall–Kier alpha value is -2.61. The second-order valence-electron chi connectivity index (χ2n) is 7.73. The van der Waals surface area contributed by atoms with Crippen LogP contribution in [0.5, 0.6) is 11.5 Å². The van der Waals surface area contributed by atoms with Gasteiger partial charge in [0.25, 0.3) is 0 Å². The smallest absolute Gasteiger partial charge is 0.228 e. The lowest BCUT2D eigenvalue weighted by molar-refractivity contribution is -0.137. The zero-order valence-corrected chi connectivity index (χ0v) is 16.9. The Bertz CT molecular complexity index is 917. The van der Waals surface area contributed by atoms with E-state index in [2.05, 4.69) is 4.98 Å². The second-order valence-corrected chi connectivity index (χ2v) is 8.65. The first kappa shape index (κ1) is 18.4. The Balaban J connectivity index is 1.28. The number of thiazole rings is 1. The van der Waals surface area contributed by atoms with Crippen LogP contribution in [0.1, 0.15) is 30.2 Å². The van der Waals surface area contributed by atoms with Gasteiger partial charge in [-0.25, -0.2) is 4.98 Å². The third-order valence-corrected chi connectivity index (χ3v) is 6.78. The molecule has 2 aromatic rings. The fourth-order valence-corrected chi connectivity index (χ4v) is 5.16. The molecule has 2 unspecified atom stereocenters. The number of likely N-dealkylation sites (tertiary alicyclic amines) is 1. The van der Waals surface area contributed by atoms with E-state index < -0.39 is 0 Å². The van der Waals surface area contributed by atoms with Gasteiger partial charge in [-0.2, -0.15) is 0 Å². The van der Waals surface area contributed by atoms with Gasteiger partial charge in [0.2, 0.25) is 11.8 Å². The van der Waals surface area contributed by atoms with Crippen molar-refractivity contribution in [1.29, 1.82) is 0 Å². The molecule has 3 aliphatic rings. The number of ether oxygens (including phenoxy) is 2. The van der Waals surface area contributed by atoms with Crippen molar-refractivity contribution in [2.45, 2.75) is 25.2 Å². The number of hydrogen-bond acceptors (Lipinski definition) is 6. The highest BCUT2D eigenvalue weighted by Gasteiger charge is 2.39. The van der Waals surface area contributed by atoms with Crippen LogP contribution in [0, 0.1) is 5.92 Å². The number of carbonyl (C=O) groups is 2. The minimum atomic E-state index is -0.300. The summed E-state index contributed by atoms with van der Waals surface area (Å²) in [6.45, 7) is 2.90. The van der Waals surface area contributed by atoms with Gasteiger partial charge in [0.05, 0.1) is 10.9 Å². The monoisotopic (exact) mass is 413 g/mol. The highest BCUT2D eigenvalue weighted by Crippen LogP contribution is 2.36. The van der Waals surface area contributed by atoms with Gasteiger partial charge >= 0.3 is 0 Å². The van der Waals surface area contributed by atoms with Crippen LogP contribution in [0.15, 0.2) is 29.8 Å². The molecule has 0 N–H and O–H groups in total. The van der Waals surface area contributed by atoms with E-state index in [-0.39, 0.29) is 24.2 Å². The molecule has 2 amide bonds. The molecule has 1 aromatic heterocycles. The largest absolute Gasteiger partial charge is 0.486 e. The first-order valence-corrected chi connectivity index (χ1v) is 10.9. The van der Waals surface area contributed by atoms with Crippen molar-refractivity contribution >= 4 is 28.8 Å². The van der Waals surface area contributed by atoms with Gasteiger partial charge in [0, 0.05) is 55.3 Å². The Morgan fingerprint density at radius 2 is 2.03 bits per heavy atom. The zero-order valence-electron chi connectivity index (χ0n) is 16.1. The van der Waals surface area contributed by atoms with Crippen molar-refractivity contribution in [2.24, 2.45) is 5.92 Å². The summed E-state index contributed by atoms with van der Waals surface area (Å²) in [4.78, 5) is 33.9. The molecule has 152 valence electrons. The quantitative estimate of drug-likeness (QED) is 0.774. The number of piperidine rings is 1. The highest BCUT2D eigenvalue weighted by molar-refractivity contribution is 7.09. The van der Waals surface area contributed by atoms with E-state index in [0.29, 0.717) is 43.7 Å². The van der Waals surface area contributed by atoms with Crippen molar-refractivity contribution in [3.8, 4) is 11.5 Å². The Morgan fingerprint density at radius 1 is 1.17 bits per heavy atom. The van der Waals surface area contributed by atoms with Crippen molar-refractivity contribution in [2.75, 3.05) is 37.7 Å². The van der Waals surface area contributed by atoms with E-state index in [4.69, 9.17) is 9.47 Å². The topological polar surface area (TPSA) is 72.0 Å². The van der Waals surface area contributed by atoms with Crippen LogP contribution in [0.25, 0.3) is 0 Å². The summed E-state index contributed by atoms with van der Waals surface area (Å²) in [5, 5.41) is 3.08. The van der Waals surface area contributed by atoms with Gasteiger partial charge in [-0.05, 0) is 25.0 Å². The minimum Gasteiger partial charge on any atom is -0.486 e. The van der Waals surface area contributed by atoms with E-state index in [1.165, 1.54) is 0 Å². The number of aromatic nitrogens is 1. The molecule has 4 heterocycles. The standard InChI is InChI=1S/C21H23N3O4S/c25-19-10-15(13-24(19)16-3-4-17-18(11-16)28-8-7-27-17)21(26)23-6-1-2-14(12-23)20-22-5-9-29-20/h3-5,9,11,14-15H,1-2,6-8,10,12-13H2. The van der Waals surface area contributed by atoms with Gasteiger partial charge in [0.15, 0.2) is 11.5 Å². The summed E-state index contributed by atoms with van der Waals surface area (Å²) in [5.41, 5.74) is 0.758. The molecule has 0 aliphatic carbocycles. The molecule has 1 aromatic carbocycles. The summed E-state index contributed by atoms with van der Waals surface area (Å²) in [6, 6.07) is 5.52. The van der Waals surface area contributed by atoms with Crippen LogP contribution in [0.2, 0.25) is 0 Å². The normalized spacial score (nSPS) is 24.1. The minimum absolute atomic E-state index is 0.0199. The molecule has 7 nitrogen and oxygen atoms in total. The molecule has 2 saturated heterocycles. The average Bonchev–Trinajstić information content (AvgIpc) is 3.43. The fraction of sp³-hybridized carbons (Fsp3) is 0.476. The Kier molecular flexibility index (Phi) is 4.87. The maximum Gasteiger partial charge on any atom is 0.228 e. The molecule has 2 fully saturated rings. The predicted octanol–water partition coefficient (Wildman–Crippen LogP) is 2.67. The number of hydrogen-bond donors (Lipinski definition) is 0. The van der Waals surface area contributed by atoms with E-state index in [1.54, 1.807) is 16.2 Å². The predicted molar refractivity (Wildman–Crippen MR) is 109 cm³/mol. The van der Waals surface area contributed by atoms with Crippen molar-refractivity contribution < 1.29 is 19.1 Å². The summed E-state index contributed by atoms with van der Waals surface area (Å²) in [5.74, 6) is 1.41. The fourth-order valence-electron chi connectivity index (χ4n) is 4.40. The third-order valence-electron chi connectivity index (χ3n) is 5.85. The first-order valence-electron chi connectivity index (χ1n) is 10.1. The highest BCUT2D eigenvalue weighted by atomic mass is 32.1. The van der Waals surface area contributed by atoms with Gasteiger partial charge in [-0.3, -0.25) is 9.59 Å². The van der Waals surface area contributed by atoms with Gasteiger partial charge < -0.3 is 19.3 Å². The second kappa shape index (κ2) is 7.67. The summed E-state index contributed by atoms with van der Waals surface area (Å²) >= 11 is 1.65. The van der Waals surface area contributed by atoms with Crippen LogP contribution >= 0.6 is 11.3 Å². The molecule has 0 spiro atoms. The molecule has 29 heavy (non-hydrogen) atoms. The SMILES string of the molecule is O=C(C1CC(=O)N(c2ccc3c(c2)OCCO3)C1)N1CCCC(c2nccs2)C1. The number of anilines is 1. The molecule has 0 saturated carbocycles. The molecule has 8 heteroatoms. The number of fused-ring (bicyclic) bond motifs is 1. The number of amides is 2. The van der Waals surface area contributed by atoms with Gasteiger partial charge in [-0.15, -0.1) is 11.3 Å². The Morgan fingerprint density at radius 3 is 2.86 bits per heavy atom. The van der Waals surface area contributed by atoms with Crippen molar-refractivity contribution in [1.82, 2.24) is 9.88 Å². The van der Waals surface area contributed by atoms with Crippen LogP contribution in [0.3, 0.4) is 0 Å². The van der Waals surface area contributed by atoms with Crippen molar-refractivity contribution in [3.05, 3.63) is 34.8 Å². The summed E-state index contributed by atoms with van der Waals surface area (Å²) < 4.78 is 11.2. The third kappa shape index (κ3) is 3.57. The van der Waals surface area contributed by atoms with E-state index >= 15 is 0 Å². The van der Waals surface area contributed by atoms with Crippen LogP contribution in [-0.4, -0.2) is 54.5 Å². The zero-order chi connectivity index (χ0) is 19.8. The van der Waals surface area contributed by atoms with E-state index in [1.807, 2.05) is 34.7 Å². The van der Waals surface area contributed by atoms with Crippen LogP contribution < -0.4 is 14.4 Å². The molecule has 0 radical (unpaired) electrons. The number of nitrogens with zero attached hydrogens (tertiary/aromatic N) is 3. The maximum atomic E-state index is 13.2. The van der Waals surface area contributed by atoms with Gasteiger partial charge in [-0.1, -0.05) is 0 Å². The lowest BCUT2D eigenvalue weighted by Gasteiger charge is -2.33. The number of rotatable bonds is 3. The van der Waals surface area contributed by atoms with E-state index in [9.17, 15) is 9.59 Å². The number of carbonyl (C=O) groups excluding carboxylic acids is 2. The average molecular weight is 413 g/mol. The molecule has 3 aliphatic heterocycles. The molecule has 5 rings (SSSR count). The molecular weight excluding hydrogens is 390 g/mol. The molecular formula is C21H23N3O4S.